The van der Waals surface area contributed by atoms with Crippen LogP contribution in [0.1, 0.15) is 5.56 Å². The molecule has 0 saturated heterocycles. The Hall–Kier alpha value is -2.80. The number of hydrogen-bond donors (Lipinski definition) is 0. The molecule has 1 aromatic heterocycles. The van der Waals surface area contributed by atoms with Gasteiger partial charge in [0.05, 0.1) is 10.6 Å². The van der Waals surface area contributed by atoms with E-state index in [2.05, 4.69) is 10.2 Å². The fraction of sp³-hybridized carbons (Fsp3) is 0.0588. The highest BCUT2D eigenvalue weighted by Gasteiger charge is 2.08. The summed E-state index contributed by atoms with van der Waals surface area (Å²) in [6.07, 6.45) is 0. The van der Waals surface area contributed by atoms with Crippen LogP contribution in [0.4, 0.5) is 10.1 Å². The van der Waals surface area contributed by atoms with Crippen molar-refractivity contribution in [2.24, 2.45) is 0 Å². The monoisotopic (exact) mass is 341 g/mol. The van der Waals surface area contributed by atoms with E-state index in [-0.39, 0.29) is 11.5 Å². The Morgan fingerprint density at radius 3 is 2.50 bits per heavy atom. The van der Waals surface area contributed by atoms with E-state index in [4.69, 9.17) is 0 Å². The zero-order valence-electron chi connectivity index (χ0n) is 12.4. The summed E-state index contributed by atoms with van der Waals surface area (Å²) in [6, 6.07) is 16.2. The van der Waals surface area contributed by atoms with Crippen molar-refractivity contribution in [3.63, 3.8) is 0 Å². The van der Waals surface area contributed by atoms with Crippen LogP contribution in [0.5, 0.6) is 0 Å². The van der Waals surface area contributed by atoms with Gasteiger partial charge in [0.1, 0.15) is 10.8 Å². The van der Waals surface area contributed by atoms with Crippen molar-refractivity contribution < 1.29 is 9.31 Å². The summed E-state index contributed by atoms with van der Waals surface area (Å²) in [6.45, 7) is 0. The van der Waals surface area contributed by atoms with Crippen molar-refractivity contribution in [2.45, 2.75) is 10.8 Å². The van der Waals surface area contributed by atoms with Gasteiger partial charge < -0.3 is 0 Å². The van der Waals surface area contributed by atoms with Crippen LogP contribution in [-0.2, 0) is 5.75 Å². The maximum absolute atomic E-state index is 12.9. The molecule has 0 spiro atoms. The molecule has 0 aliphatic carbocycles. The number of nitro benzene ring substituents is 1. The fourth-order valence-corrected chi connectivity index (χ4v) is 2.84. The molecular weight excluding hydrogens is 329 g/mol. The van der Waals surface area contributed by atoms with E-state index in [1.165, 1.54) is 36.0 Å². The normalized spacial score (nSPS) is 10.5. The molecule has 1 heterocycles. The van der Waals surface area contributed by atoms with Crippen LogP contribution in [0, 0.1) is 15.9 Å². The standard InChI is InChI=1S/C17H12FN3O2S/c18-14-6-4-12(5-7-14)11-24-17-9-8-16(19-20-17)13-2-1-3-15(10-13)21(22)23/h1-10H,11H2. The van der Waals surface area contributed by atoms with Gasteiger partial charge in [-0.25, -0.2) is 4.39 Å². The lowest BCUT2D eigenvalue weighted by Crippen LogP contribution is -1.92. The Balaban J connectivity index is 1.70. The topological polar surface area (TPSA) is 68.9 Å². The smallest absolute Gasteiger partial charge is 0.258 e. The lowest BCUT2D eigenvalue weighted by molar-refractivity contribution is -0.384. The highest BCUT2D eigenvalue weighted by atomic mass is 32.2. The van der Waals surface area contributed by atoms with Crippen LogP contribution in [-0.4, -0.2) is 15.1 Å². The third-order valence-electron chi connectivity index (χ3n) is 3.29. The molecule has 7 heteroatoms. The quantitative estimate of drug-likeness (QED) is 0.389. The Morgan fingerprint density at radius 1 is 1.04 bits per heavy atom. The molecule has 5 nitrogen and oxygen atoms in total. The van der Waals surface area contributed by atoms with Gasteiger partial charge in [0.2, 0.25) is 0 Å². The first-order chi connectivity index (χ1) is 11.6. The third kappa shape index (κ3) is 3.94. The number of non-ortho nitro benzene ring substituents is 1. The van der Waals surface area contributed by atoms with Gasteiger partial charge in [-0.3, -0.25) is 10.1 Å². The van der Waals surface area contributed by atoms with E-state index in [1.54, 1.807) is 30.3 Å². The molecule has 0 unspecified atom stereocenters. The number of rotatable bonds is 5. The fourth-order valence-electron chi connectivity index (χ4n) is 2.07. The molecule has 0 radical (unpaired) electrons. The van der Waals surface area contributed by atoms with E-state index < -0.39 is 4.92 Å². The molecule has 0 amide bonds. The maximum Gasteiger partial charge on any atom is 0.270 e. The predicted molar refractivity (Wildman–Crippen MR) is 90.1 cm³/mol. The van der Waals surface area contributed by atoms with Crippen molar-refractivity contribution in [3.8, 4) is 11.3 Å². The number of benzene rings is 2. The van der Waals surface area contributed by atoms with Crippen molar-refractivity contribution >= 4 is 17.4 Å². The second-order valence-electron chi connectivity index (χ2n) is 4.98. The average Bonchev–Trinajstić information content (AvgIpc) is 2.62. The first-order valence-electron chi connectivity index (χ1n) is 7.07. The molecule has 0 atom stereocenters. The van der Waals surface area contributed by atoms with Crippen molar-refractivity contribution in [3.05, 3.63) is 82.2 Å². The Kier molecular flexibility index (Phi) is 4.81. The largest absolute Gasteiger partial charge is 0.270 e. The minimum Gasteiger partial charge on any atom is -0.258 e. The number of hydrogen-bond acceptors (Lipinski definition) is 5. The van der Waals surface area contributed by atoms with Gasteiger partial charge in [-0.1, -0.05) is 36.0 Å². The van der Waals surface area contributed by atoms with Crippen molar-refractivity contribution in [2.75, 3.05) is 0 Å². The molecule has 0 saturated carbocycles. The van der Waals surface area contributed by atoms with Gasteiger partial charge in [-0.05, 0) is 29.8 Å². The van der Waals surface area contributed by atoms with Crippen LogP contribution >= 0.6 is 11.8 Å². The van der Waals surface area contributed by atoms with Gasteiger partial charge in [0, 0.05) is 23.4 Å². The predicted octanol–water partition coefficient (Wildman–Crippen LogP) is 4.48. The van der Waals surface area contributed by atoms with Gasteiger partial charge >= 0.3 is 0 Å². The summed E-state index contributed by atoms with van der Waals surface area (Å²) in [5, 5.41) is 19.8. The van der Waals surface area contributed by atoms with E-state index in [0.717, 1.165) is 10.6 Å². The summed E-state index contributed by atoms with van der Waals surface area (Å²) in [5.74, 6) is 0.398. The van der Waals surface area contributed by atoms with Gasteiger partial charge in [0.25, 0.3) is 5.69 Å². The molecule has 2 aromatic carbocycles. The van der Waals surface area contributed by atoms with E-state index in [1.807, 2.05) is 6.07 Å². The molecule has 0 fully saturated rings. The second kappa shape index (κ2) is 7.18. The van der Waals surface area contributed by atoms with Gasteiger partial charge in [-0.15, -0.1) is 10.2 Å². The van der Waals surface area contributed by atoms with E-state index in [9.17, 15) is 14.5 Å². The Morgan fingerprint density at radius 2 is 1.83 bits per heavy atom. The second-order valence-corrected chi connectivity index (χ2v) is 5.98. The SMILES string of the molecule is O=[N+]([O-])c1cccc(-c2ccc(SCc3ccc(F)cc3)nn2)c1. The number of thioether (sulfide) groups is 1. The Bertz CT molecular complexity index is 854. The number of nitrogens with zero attached hydrogens (tertiary/aromatic N) is 3. The van der Waals surface area contributed by atoms with Crippen LogP contribution in [0.3, 0.4) is 0 Å². The molecule has 0 aliphatic heterocycles. The third-order valence-corrected chi connectivity index (χ3v) is 4.28. The molecule has 3 aromatic rings. The average molecular weight is 341 g/mol. The van der Waals surface area contributed by atoms with Crippen LogP contribution in [0.15, 0.2) is 65.7 Å². The molecule has 0 N–H and O–H groups in total. The molecule has 0 aliphatic rings. The molecule has 0 bridgehead atoms. The maximum atomic E-state index is 12.9. The van der Waals surface area contributed by atoms with E-state index >= 15 is 0 Å². The van der Waals surface area contributed by atoms with Crippen LogP contribution in [0.25, 0.3) is 11.3 Å². The summed E-state index contributed by atoms with van der Waals surface area (Å²) >= 11 is 1.49. The molecule has 24 heavy (non-hydrogen) atoms. The summed E-state index contributed by atoms with van der Waals surface area (Å²) < 4.78 is 12.9. The number of halogens is 1. The van der Waals surface area contributed by atoms with Gasteiger partial charge in [-0.2, -0.15) is 0 Å². The van der Waals surface area contributed by atoms with Gasteiger partial charge in [0.15, 0.2) is 0 Å². The lowest BCUT2D eigenvalue weighted by Gasteiger charge is -2.03. The highest BCUT2D eigenvalue weighted by Crippen LogP contribution is 2.25. The minimum absolute atomic E-state index is 0.0176. The lowest BCUT2D eigenvalue weighted by atomic mass is 10.1. The first-order valence-corrected chi connectivity index (χ1v) is 8.06. The zero-order valence-corrected chi connectivity index (χ0v) is 13.2. The number of aromatic nitrogens is 2. The number of nitro groups is 1. The zero-order chi connectivity index (χ0) is 16.9. The summed E-state index contributed by atoms with van der Waals surface area (Å²) in [7, 11) is 0. The summed E-state index contributed by atoms with van der Waals surface area (Å²) in [5.41, 5.74) is 2.23. The molecular formula is C17H12FN3O2S. The molecule has 3 rings (SSSR count). The Labute approximate surface area is 141 Å². The molecule has 120 valence electrons. The van der Waals surface area contributed by atoms with Crippen LogP contribution in [0.2, 0.25) is 0 Å². The van der Waals surface area contributed by atoms with Crippen LogP contribution < -0.4 is 0 Å². The summed E-state index contributed by atoms with van der Waals surface area (Å²) in [4.78, 5) is 10.4. The first kappa shape index (κ1) is 16.1. The van der Waals surface area contributed by atoms with E-state index in [0.29, 0.717) is 17.0 Å². The van der Waals surface area contributed by atoms with Crippen molar-refractivity contribution in [1.82, 2.24) is 10.2 Å². The van der Waals surface area contributed by atoms with Crippen molar-refractivity contribution in [1.29, 1.82) is 0 Å². The highest BCUT2D eigenvalue weighted by molar-refractivity contribution is 7.98. The minimum atomic E-state index is -0.441.